The second-order valence-electron chi connectivity index (χ2n) is 8.25. The first-order valence-electron chi connectivity index (χ1n) is 10.8. The molecule has 1 atom stereocenters. The van der Waals surface area contributed by atoms with Gasteiger partial charge in [0.25, 0.3) is 5.91 Å². The van der Waals surface area contributed by atoms with Gasteiger partial charge in [-0.1, -0.05) is 24.3 Å². The highest BCUT2D eigenvalue weighted by Gasteiger charge is 2.21. The standard InChI is InChI=1S/C27H27FN2O3/c1-16-10-18(8-9-24(16)28)19-11-17(2)26(33-3)23(13-19)27(32)30-21(15-31)12-20-14-29-25-7-5-4-6-22(20)25/h4-11,13-14,21,29,31H,12,15H2,1-3H3,(H,30,32)/t21-/m1/s1. The largest absolute Gasteiger partial charge is 0.496 e. The number of aromatic nitrogens is 1. The lowest BCUT2D eigenvalue weighted by Crippen LogP contribution is -2.39. The Kier molecular flexibility index (Phi) is 6.47. The second kappa shape index (κ2) is 9.46. The van der Waals surface area contributed by atoms with Gasteiger partial charge in [-0.3, -0.25) is 4.79 Å². The van der Waals surface area contributed by atoms with Crippen LogP contribution in [0.1, 0.15) is 27.0 Å². The number of halogens is 1. The van der Waals surface area contributed by atoms with Crippen LogP contribution in [0, 0.1) is 19.7 Å². The fraction of sp³-hybridized carbons (Fsp3) is 0.222. The molecule has 33 heavy (non-hydrogen) atoms. The summed E-state index contributed by atoms with van der Waals surface area (Å²) in [6.07, 6.45) is 2.38. The van der Waals surface area contributed by atoms with Crippen LogP contribution in [-0.4, -0.2) is 35.8 Å². The summed E-state index contributed by atoms with van der Waals surface area (Å²) in [5.41, 5.74) is 5.32. The van der Waals surface area contributed by atoms with Crippen LogP contribution in [0.2, 0.25) is 0 Å². The molecule has 0 aliphatic carbocycles. The quantitative estimate of drug-likeness (QED) is 0.377. The zero-order chi connectivity index (χ0) is 23.5. The van der Waals surface area contributed by atoms with E-state index in [4.69, 9.17) is 4.74 Å². The molecule has 0 fully saturated rings. The molecule has 1 heterocycles. The third kappa shape index (κ3) is 4.61. The zero-order valence-corrected chi connectivity index (χ0v) is 18.9. The third-order valence-corrected chi connectivity index (χ3v) is 5.91. The van der Waals surface area contributed by atoms with Crippen molar-refractivity contribution in [3.05, 3.63) is 88.9 Å². The van der Waals surface area contributed by atoms with Crippen LogP contribution in [-0.2, 0) is 6.42 Å². The van der Waals surface area contributed by atoms with E-state index >= 15 is 0 Å². The number of amides is 1. The second-order valence-corrected chi connectivity index (χ2v) is 8.25. The fourth-order valence-corrected chi connectivity index (χ4v) is 4.19. The number of hydrogen-bond donors (Lipinski definition) is 3. The molecule has 4 aromatic rings. The number of aromatic amines is 1. The number of aryl methyl sites for hydroxylation is 2. The summed E-state index contributed by atoms with van der Waals surface area (Å²) in [6.45, 7) is 3.37. The van der Waals surface area contributed by atoms with Crippen molar-refractivity contribution in [1.29, 1.82) is 0 Å². The van der Waals surface area contributed by atoms with Gasteiger partial charge in [0.2, 0.25) is 0 Å². The monoisotopic (exact) mass is 446 g/mol. The molecule has 4 rings (SSSR count). The maximum atomic E-state index is 13.7. The Morgan fingerprint density at radius 2 is 1.85 bits per heavy atom. The summed E-state index contributed by atoms with van der Waals surface area (Å²) in [6, 6.07) is 16.0. The number of carbonyl (C=O) groups excluding carboxylic acids is 1. The molecule has 0 saturated heterocycles. The van der Waals surface area contributed by atoms with Crippen LogP contribution in [0.25, 0.3) is 22.0 Å². The molecule has 170 valence electrons. The van der Waals surface area contributed by atoms with Crippen molar-refractivity contribution in [2.24, 2.45) is 0 Å². The van der Waals surface area contributed by atoms with Gasteiger partial charge in [-0.25, -0.2) is 4.39 Å². The van der Waals surface area contributed by atoms with Gasteiger partial charge < -0.3 is 20.1 Å². The maximum Gasteiger partial charge on any atom is 0.255 e. The first kappa shape index (κ1) is 22.6. The van der Waals surface area contributed by atoms with Crippen molar-refractivity contribution >= 4 is 16.8 Å². The normalized spacial score (nSPS) is 12.0. The summed E-state index contributed by atoms with van der Waals surface area (Å²) >= 11 is 0. The van der Waals surface area contributed by atoms with Crippen molar-refractivity contribution in [2.75, 3.05) is 13.7 Å². The number of ether oxygens (including phenoxy) is 1. The first-order chi connectivity index (χ1) is 15.9. The molecule has 0 radical (unpaired) electrons. The third-order valence-electron chi connectivity index (χ3n) is 5.91. The van der Waals surface area contributed by atoms with Gasteiger partial charge in [-0.2, -0.15) is 0 Å². The molecule has 1 aromatic heterocycles. The zero-order valence-electron chi connectivity index (χ0n) is 18.9. The van der Waals surface area contributed by atoms with Crippen LogP contribution in [0.15, 0.2) is 60.8 Å². The summed E-state index contributed by atoms with van der Waals surface area (Å²) in [4.78, 5) is 16.5. The van der Waals surface area contributed by atoms with Gasteiger partial charge in [-0.15, -0.1) is 0 Å². The average molecular weight is 447 g/mol. The minimum Gasteiger partial charge on any atom is -0.496 e. The van der Waals surface area contributed by atoms with E-state index < -0.39 is 6.04 Å². The predicted molar refractivity (Wildman–Crippen MR) is 128 cm³/mol. The van der Waals surface area contributed by atoms with Gasteiger partial charge in [0.05, 0.1) is 25.3 Å². The SMILES string of the molecule is COc1c(C)cc(-c2ccc(F)c(C)c2)cc1C(=O)N[C@@H](CO)Cc1c[nH]c2ccccc12. The Bertz CT molecular complexity index is 1310. The predicted octanol–water partition coefficient (Wildman–Crippen LogP) is 4.93. The molecular weight excluding hydrogens is 419 g/mol. The Morgan fingerprint density at radius 1 is 1.09 bits per heavy atom. The first-order valence-corrected chi connectivity index (χ1v) is 10.8. The number of H-pyrrole nitrogens is 1. The number of benzene rings is 3. The van der Waals surface area contributed by atoms with Crippen LogP contribution >= 0.6 is 0 Å². The number of carbonyl (C=O) groups is 1. The Balaban J connectivity index is 1.63. The van der Waals surface area contributed by atoms with Gasteiger partial charge in [0.1, 0.15) is 11.6 Å². The van der Waals surface area contributed by atoms with E-state index in [2.05, 4.69) is 10.3 Å². The van der Waals surface area contributed by atoms with Crippen LogP contribution < -0.4 is 10.1 Å². The van der Waals surface area contributed by atoms with Crippen molar-refractivity contribution < 1.29 is 19.0 Å². The van der Waals surface area contributed by atoms with E-state index in [0.717, 1.165) is 33.2 Å². The van der Waals surface area contributed by atoms with E-state index in [1.54, 1.807) is 25.1 Å². The number of rotatable bonds is 7. The Morgan fingerprint density at radius 3 is 2.58 bits per heavy atom. The number of para-hydroxylation sites is 1. The molecule has 3 aromatic carbocycles. The lowest BCUT2D eigenvalue weighted by atomic mass is 9.97. The highest BCUT2D eigenvalue weighted by Crippen LogP contribution is 2.31. The van der Waals surface area contributed by atoms with Crippen LogP contribution in [0.5, 0.6) is 5.75 Å². The number of fused-ring (bicyclic) bond motifs is 1. The molecule has 0 bridgehead atoms. The Hall–Kier alpha value is -3.64. The maximum absolute atomic E-state index is 13.7. The number of aliphatic hydroxyl groups is 1. The molecule has 3 N–H and O–H groups in total. The number of aliphatic hydroxyl groups excluding tert-OH is 1. The summed E-state index contributed by atoms with van der Waals surface area (Å²) in [5, 5.41) is 14.0. The van der Waals surface area contributed by atoms with Crippen molar-refractivity contribution in [2.45, 2.75) is 26.3 Å². The van der Waals surface area contributed by atoms with Gasteiger partial charge in [0, 0.05) is 17.1 Å². The molecular formula is C27H27FN2O3. The van der Waals surface area contributed by atoms with Crippen molar-refractivity contribution in [3.63, 3.8) is 0 Å². The molecule has 0 saturated carbocycles. The summed E-state index contributed by atoms with van der Waals surface area (Å²) in [7, 11) is 1.52. The van der Waals surface area contributed by atoms with Crippen molar-refractivity contribution in [1.82, 2.24) is 10.3 Å². The summed E-state index contributed by atoms with van der Waals surface area (Å²) < 4.78 is 19.3. The number of hydrogen-bond acceptors (Lipinski definition) is 3. The molecule has 6 heteroatoms. The molecule has 0 spiro atoms. The number of methoxy groups -OCH3 is 1. The van der Waals surface area contributed by atoms with E-state index in [0.29, 0.717) is 23.3 Å². The minimum atomic E-state index is -0.474. The van der Waals surface area contributed by atoms with E-state index in [1.165, 1.54) is 13.2 Å². The highest BCUT2D eigenvalue weighted by molar-refractivity contribution is 5.99. The van der Waals surface area contributed by atoms with Crippen molar-refractivity contribution in [3.8, 4) is 16.9 Å². The lowest BCUT2D eigenvalue weighted by molar-refractivity contribution is 0.0913. The molecule has 5 nitrogen and oxygen atoms in total. The smallest absolute Gasteiger partial charge is 0.255 e. The topological polar surface area (TPSA) is 74.3 Å². The average Bonchev–Trinajstić information content (AvgIpc) is 3.22. The van der Waals surface area contributed by atoms with Gasteiger partial charge >= 0.3 is 0 Å². The molecule has 1 amide bonds. The van der Waals surface area contributed by atoms with Crippen LogP contribution in [0.3, 0.4) is 0 Å². The van der Waals surface area contributed by atoms with Gasteiger partial charge in [-0.05, 0) is 78.4 Å². The fourth-order valence-electron chi connectivity index (χ4n) is 4.19. The lowest BCUT2D eigenvalue weighted by Gasteiger charge is -2.19. The van der Waals surface area contributed by atoms with Gasteiger partial charge in [0.15, 0.2) is 0 Å². The molecule has 0 aliphatic heterocycles. The number of nitrogens with one attached hydrogen (secondary N) is 2. The summed E-state index contributed by atoms with van der Waals surface area (Å²) in [5.74, 6) is -0.140. The van der Waals surface area contributed by atoms with E-state index in [9.17, 15) is 14.3 Å². The highest BCUT2D eigenvalue weighted by atomic mass is 19.1. The minimum absolute atomic E-state index is 0.205. The molecule has 0 unspecified atom stereocenters. The van der Waals surface area contributed by atoms with Crippen LogP contribution in [0.4, 0.5) is 4.39 Å². The Labute approximate surface area is 192 Å². The van der Waals surface area contributed by atoms with E-state index in [-0.39, 0.29) is 18.3 Å². The molecule has 0 aliphatic rings. The van der Waals surface area contributed by atoms with E-state index in [1.807, 2.05) is 43.5 Å².